The summed E-state index contributed by atoms with van der Waals surface area (Å²) in [6.45, 7) is 21.4. The Hall–Kier alpha value is -2.50. The number of allylic oxidation sites excluding steroid dienone is 16. The van der Waals surface area contributed by atoms with E-state index in [0.29, 0.717) is 12.8 Å². The second-order valence-corrected chi connectivity index (χ2v) is 15.4. The van der Waals surface area contributed by atoms with Gasteiger partial charge >= 0.3 is 0 Å². The summed E-state index contributed by atoms with van der Waals surface area (Å²) in [7, 11) is 0. The fourth-order valence-corrected chi connectivity index (χ4v) is 7.99. The molecule has 4 nitrogen and oxygen atoms in total. The fraction of sp³-hybridized carbons (Fsp3) is 0.550. The molecule has 2 aliphatic heterocycles. The molecule has 6 atom stereocenters. The summed E-state index contributed by atoms with van der Waals surface area (Å²) in [6, 6.07) is 0. The average molecular weight is 601 g/mol. The highest BCUT2D eigenvalue weighted by atomic mass is 16.6. The van der Waals surface area contributed by atoms with E-state index in [4.69, 9.17) is 9.47 Å². The predicted molar refractivity (Wildman–Crippen MR) is 183 cm³/mol. The van der Waals surface area contributed by atoms with Crippen LogP contribution in [0.2, 0.25) is 0 Å². The molecule has 240 valence electrons. The minimum atomic E-state index is -0.294. The van der Waals surface area contributed by atoms with Crippen molar-refractivity contribution in [3.63, 3.8) is 0 Å². The molecular formula is C40H56O4. The van der Waals surface area contributed by atoms with Crippen molar-refractivity contribution in [1.29, 1.82) is 0 Å². The van der Waals surface area contributed by atoms with Crippen LogP contribution in [0.25, 0.3) is 0 Å². The number of epoxide rings is 2. The topological polar surface area (TPSA) is 65.5 Å². The van der Waals surface area contributed by atoms with Crippen LogP contribution in [0.5, 0.6) is 0 Å². The molecule has 0 aromatic carbocycles. The molecule has 0 bridgehead atoms. The van der Waals surface area contributed by atoms with Crippen LogP contribution in [0.15, 0.2) is 107 Å². The molecule has 4 heteroatoms. The fourth-order valence-electron chi connectivity index (χ4n) is 7.99. The normalized spacial score (nSPS) is 39.2. The van der Waals surface area contributed by atoms with Crippen molar-refractivity contribution in [3.05, 3.63) is 107 Å². The molecule has 2 aliphatic carbocycles. The van der Waals surface area contributed by atoms with Gasteiger partial charge in [0.15, 0.2) is 0 Å². The summed E-state index contributed by atoms with van der Waals surface area (Å²) in [5.74, 6) is 0. The molecule has 0 radical (unpaired) electrons. The van der Waals surface area contributed by atoms with Gasteiger partial charge < -0.3 is 19.7 Å². The van der Waals surface area contributed by atoms with Crippen molar-refractivity contribution in [3.8, 4) is 0 Å². The number of aliphatic hydroxyl groups is 2. The van der Waals surface area contributed by atoms with Crippen molar-refractivity contribution in [1.82, 2.24) is 0 Å². The van der Waals surface area contributed by atoms with Crippen LogP contribution < -0.4 is 0 Å². The van der Waals surface area contributed by atoms with Gasteiger partial charge in [-0.15, -0.1) is 0 Å². The van der Waals surface area contributed by atoms with Crippen LogP contribution in [0, 0.1) is 10.8 Å². The summed E-state index contributed by atoms with van der Waals surface area (Å²) in [6.07, 6.45) is 32.0. The molecule has 2 N–H and O–H groups in total. The van der Waals surface area contributed by atoms with Gasteiger partial charge in [-0.2, -0.15) is 0 Å². The Morgan fingerprint density at radius 1 is 0.500 bits per heavy atom. The maximum atomic E-state index is 10.3. The first-order chi connectivity index (χ1) is 20.4. The van der Waals surface area contributed by atoms with Crippen LogP contribution in [0.4, 0.5) is 0 Å². The lowest BCUT2D eigenvalue weighted by Gasteiger charge is -2.39. The summed E-state index contributed by atoms with van der Waals surface area (Å²) in [4.78, 5) is 0. The molecular weight excluding hydrogens is 544 g/mol. The van der Waals surface area contributed by atoms with E-state index in [0.717, 1.165) is 12.8 Å². The Kier molecular flexibility index (Phi) is 9.66. The van der Waals surface area contributed by atoms with Crippen LogP contribution in [-0.2, 0) is 9.47 Å². The van der Waals surface area contributed by atoms with Gasteiger partial charge in [0.25, 0.3) is 0 Å². The number of hydrogen-bond donors (Lipinski definition) is 2. The molecule has 4 aliphatic rings. The smallest absolute Gasteiger partial charge is 0.121 e. The number of hydrogen-bond acceptors (Lipinski definition) is 4. The van der Waals surface area contributed by atoms with Gasteiger partial charge in [0.1, 0.15) is 22.4 Å². The molecule has 4 fully saturated rings. The molecule has 44 heavy (non-hydrogen) atoms. The highest BCUT2D eigenvalue weighted by Gasteiger charge is 2.75. The number of fused-ring (bicyclic) bond motifs is 2. The van der Waals surface area contributed by atoms with Gasteiger partial charge in [-0.1, -0.05) is 123 Å². The van der Waals surface area contributed by atoms with Crippen LogP contribution in [-0.4, -0.2) is 44.8 Å². The monoisotopic (exact) mass is 600 g/mol. The first-order valence-corrected chi connectivity index (χ1v) is 16.3. The zero-order chi connectivity index (χ0) is 32.6. The Labute approximate surface area is 267 Å². The molecule has 4 rings (SSSR count). The summed E-state index contributed by atoms with van der Waals surface area (Å²) >= 11 is 0. The van der Waals surface area contributed by atoms with Gasteiger partial charge in [-0.25, -0.2) is 0 Å². The van der Waals surface area contributed by atoms with Crippen molar-refractivity contribution in [2.45, 2.75) is 130 Å². The average Bonchev–Trinajstić information content (AvgIpc) is 3.73. The maximum absolute atomic E-state index is 10.3. The van der Waals surface area contributed by atoms with Crippen molar-refractivity contribution < 1.29 is 19.7 Å². The minimum absolute atomic E-state index is 0.0969. The van der Waals surface area contributed by atoms with Gasteiger partial charge in [-0.3, -0.25) is 0 Å². The number of ether oxygens (including phenoxy) is 2. The highest BCUT2D eigenvalue weighted by molar-refractivity contribution is 5.38. The van der Waals surface area contributed by atoms with E-state index in [1.165, 1.54) is 22.3 Å². The second-order valence-electron chi connectivity index (χ2n) is 15.4. The van der Waals surface area contributed by atoms with Gasteiger partial charge in [0, 0.05) is 23.7 Å². The van der Waals surface area contributed by atoms with Crippen molar-refractivity contribution in [2.75, 3.05) is 0 Å². The van der Waals surface area contributed by atoms with E-state index in [9.17, 15) is 10.2 Å². The first-order valence-electron chi connectivity index (χ1n) is 16.3. The summed E-state index contributed by atoms with van der Waals surface area (Å²) < 4.78 is 12.5. The maximum Gasteiger partial charge on any atom is 0.121 e. The van der Waals surface area contributed by atoms with E-state index in [1.54, 1.807) is 0 Å². The molecule has 0 amide bonds. The molecule has 2 saturated carbocycles. The number of aliphatic hydroxyl groups excluding tert-OH is 2. The van der Waals surface area contributed by atoms with Gasteiger partial charge in [-0.05, 0) is 66.5 Å². The molecule has 2 saturated heterocycles. The van der Waals surface area contributed by atoms with E-state index in [1.807, 2.05) is 0 Å². The van der Waals surface area contributed by atoms with E-state index < -0.39 is 0 Å². The summed E-state index contributed by atoms with van der Waals surface area (Å²) in [5, 5.41) is 20.5. The Balaban J connectivity index is 1.25. The Morgan fingerprint density at radius 3 is 1.16 bits per heavy atom. The third kappa shape index (κ3) is 6.84. The predicted octanol–water partition coefficient (Wildman–Crippen LogP) is 8.97. The standard InChI is InChI=1S/C40H56O4/c1-29(17-13-19-31(3)21-23-39-35(5,6)25-33(41)27-37(39,9)43-39)15-11-12-16-30(2)18-14-20-32(4)22-24-40-36(7,8)26-34(42)28-38(40,10)44-40/h11-24,33-34,41-42H,25-28H2,1-10H3. The molecule has 2 heterocycles. The Morgan fingerprint density at radius 2 is 0.818 bits per heavy atom. The van der Waals surface area contributed by atoms with Crippen LogP contribution in [0.1, 0.15) is 94.9 Å². The lowest BCUT2D eigenvalue weighted by Crippen LogP contribution is -2.46. The second kappa shape index (κ2) is 12.4. The largest absolute Gasteiger partial charge is 0.393 e. The quantitative estimate of drug-likeness (QED) is 0.194. The van der Waals surface area contributed by atoms with Crippen molar-refractivity contribution >= 4 is 0 Å². The van der Waals surface area contributed by atoms with Crippen LogP contribution >= 0.6 is 0 Å². The van der Waals surface area contributed by atoms with E-state index in [-0.39, 0.29) is 45.4 Å². The highest BCUT2D eigenvalue weighted by Crippen LogP contribution is 2.67. The SMILES string of the molecule is CC(C=CC=C(C)C=CC12OC1(C)CC(O)CC2(C)C)=CC=CC=C(C)C=CC=C(C)C=CC12OC1(C)CC(O)CC2(C)C. The molecule has 0 aromatic rings. The molecule has 0 aromatic heterocycles. The first kappa shape index (κ1) is 34.4. The minimum Gasteiger partial charge on any atom is -0.393 e. The lowest BCUT2D eigenvalue weighted by atomic mass is 9.63. The zero-order valence-corrected chi connectivity index (χ0v) is 28.8. The van der Waals surface area contributed by atoms with E-state index >= 15 is 0 Å². The molecule has 6 unspecified atom stereocenters. The van der Waals surface area contributed by atoms with Crippen molar-refractivity contribution in [2.24, 2.45) is 10.8 Å². The number of rotatable bonds is 10. The molecule has 0 spiro atoms. The van der Waals surface area contributed by atoms with Gasteiger partial charge in [0.05, 0.1) is 12.2 Å². The third-order valence-electron chi connectivity index (χ3n) is 10.4. The third-order valence-corrected chi connectivity index (χ3v) is 10.4. The lowest BCUT2D eigenvalue weighted by molar-refractivity contribution is 0.0510. The Bertz CT molecular complexity index is 1270. The van der Waals surface area contributed by atoms with Gasteiger partial charge in [0.2, 0.25) is 0 Å². The van der Waals surface area contributed by atoms with Crippen LogP contribution in [0.3, 0.4) is 0 Å². The van der Waals surface area contributed by atoms with E-state index in [2.05, 4.69) is 154 Å². The zero-order valence-electron chi connectivity index (χ0n) is 28.8. The summed E-state index contributed by atoms with van der Waals surface area (Å²) in [5.41, 5.74) is 3.36.